The number of fused-ring (bicyclic) bond motifs is 1. The van der Waals surface area contributed by atoms with Gasteiger partial charge in [-0.2, -0.15) is 4.39 Å². The maximum absolute atomic E-state index is 14.0. The van der Waals surface area contributed by atoms with Crippen molar-refractivity contribution in [2.45, 2.75) is 103 Å². The number of rotatable bonds is 8. The Kier molecular flexibility index (Phi) is 9.29. The first-order chi connectivity index (χ1) is 16.5. The predicted molar refractivity (Wildman–Crippen MR) is 133 cm³/mol. The van der Waals surface area contributed by atoms with E-state index in [0.717, 1.165) is 49.4 Å². The van der Waals surface area contributed by atoms with Crippen molar-refractivity contribution in [2.75, 3.05) is 0 Å². The summed E-state index contributed by atoms with van der Waals surface area (Å²) >= 11 is 5.59. The number of unbranched alkanes of at least 4 members (excludes halogenated alkanes) is 3. The highest BCUT2D eigenvalue weighted by Crippen LogP contribution is 2.49. The van der Waals surface area contributed by atoms with Crippen molar-refractivity contribution in [3.05, 3.63) is 28.8 Å². The molecule has 5 heteroatoms. The predicted octanol–water partition coefficient (Wildman–Crippen LogP) is 9.13. The molecule has 3 aliphatic rings. The largest absolute Gasteiger partial charge is 0.423 e. The molecule has 2 nitrogen and oxygen atoms in total. The molecule has 4 unspecified atom stereocenters. The van der Waals surface area contributed by atoms with Gasteiger partial charge in [-0.25, -0.2) is 4.39 Å². The fraction of sp³-hybridized carbons (Fsp3) is 0.759. The van der Waals surface area contributed by atoms with Gasteiger partial charge >= 0.3 is 5.97 Å². The van der Waals surface area contributed by atoms with Gasteiger partial charge < -0.3 is 4.74 Å². The molecule has 0 aromatic heterocycles. The average molecular weight is 495 g/mol. The van der Waals surface area contributed by atoms with Gasteiger partial charge in [-0.1, -0.05) is 57.0 Å². The highest BCUT2D eigenvalue weighted by atomic mass is 35.5. The molecule has 1 aromatic carbocycles. The summed E-state index contributed by atoms with van der Waals surface area (Å²) in [6, 6.07) is 2.44. The highest BCUT2D eigenvalue weighted by Gasteiger charge is 2.39. The molecule has 0 heterocycles. The van der Waals surface area contributed by atoms with Crippen LogP contribution in [0.2, 0.25) is 5.02 Å². The molecule has 34 heavy (non-hydrogen) atoms. The standard InChI is InChI=1S/C29H41ClF2O2/c1-2-3-4-5-6-19-7-8-24-18-23(14-13-22(24)17-19)20-9-11-21(12-10-20)29(33)34-26-16-15-25(30)27(31)28(26)32/h15-16,19-24H,2-14,17-18H2,1H3. The molecule has 0 radical (unpaired) electrons. The van der Waals surface area contributed by atoms with Crippen molar-refractivity contribution >= 4 is 17.6 Å². The van der Waals surface area contributed by atoms with Gasteiger partial charge in [0.05, 0.1) is 10.9 Å². The van der Waals surface area contributed by atoms with E-state index < -0.39 is 17.6 Å². The smallest absolute Gasteiger partial charge is 0.314 e. The van der Waals surface area contributed by atoms with Crippen molar-refractivity contribution in [2.24, 2.45) is 35.5 Å². The number of carbonyl (C=O) groups is 1. The summed E-state index contributed by atoms with van der Waals surface area (Å²) in [6.45, 7) is 2.28. The fourth-order valence-electron chi connectivity index (χ4n) is 7.18. The zero-order valence-electron chi connectivity index (χ0n) is 20.7. The highest BCUT2D eigenvalue weighted by molar-refractivity contribution is 6.30. The zero-order valence-corrected chi connectivity index (χ0v) is 21.4. The van der Waals surface area contributed by atoms with Gasteiger partial charge in [-0.3, -0.25) is 4.79 Å². The van der Waals surface area contributed by atoms with E-state index in [0.29, 0.717) is 5.92 Å². The average Bonchev–Trinajstić information content (AvgIpc) is 2.86. The third kappa shape index (κ3) is 6.33. The van der Waals surface area contributed by atoms with Crippen LogP contribution in [0.25, 0.3) is 0 Å². The van der Waals surface area contributed by atoms with Crippen molar-refractivity contribution in [1.29, 1.82) is 0 Å². The normalized spacial score (nSPS) is 31.6. The Balaban J connectivity index is 1.20. The molecule has 3 fully saturated rings. The second-order valence-corrected chi connectivity index (χ2v) is 11.7. The number of ether oxygens (including phenoxy) is 1. The van der Waals surface area contributed by atoms with Crippen LogP contribution < -0.4 is 4.74 Å². The first kappa shape index (κ1) is 25.9. The maximum atomic E-state index is 14.0. The molecule has 0 spiro atoms. The van der Waals surface area contributed by atoms with E-state index in [1.807, 2.05) is 0 Å². The molecular weight excluding hydrogens is 454 g/mol. The molecule has 190 valence electrons. The van der Waals surface area contributed by atoms with Crippen LogP contribution in [0.5, 0.6) is 5.75 Å². The fourth-order valence-corrected chi connectivity index (χ4v) is 7.32. The molecule has 0 aliphatic heterocycles. The van der Waals surface area contributed by atoms with E-state index in [-0.39, 0.29) is 16.7 Å². The molecule has 0 amide bonds. The summed E-state index contributed by atoms with van der Waals surface area (Å²) in [5.41, 5.74) is 0. The van der Waals surface area contributed by atoms with E-state index in [4.69, 9.17) is 16.3 Å². The molecule has 3 aliphatic carbocycles. The van der Waals surface area contributed by atoms with E-state index in [9.17, 15) is 13.6 Å². The quantitative estimate of drug-likeness (QED) is 0.156. The van der Waals surface area contributed by atoms with Crippen LogP contribution in [0.15, 0.2) is 12.1 Å². The number of hydrogen-bond donors (Lipinski definition) is 0. The minimum absolute atomic E-state index is 0.228. The number of benzene rings is 1. The van der Waals surface area contributed by atoms with Gasteiger partial charge in [0.1, 0.15) is 0 Å². The number of halogens is 3. The lowest BCUT2D eigenvalue weighted by Gasteiger charge is -2.45. The Morgan fingerprint density at radius 3 is 2.24 bits per heavy atom. The van der Waals surface area contributed by atoms with Gasteiger partial charge in [0.2, 0.25) is 5.82 Å². The summed E-state index contributed by atoms with van der Waals surface area (Å²) in [5, 5.41) is -0.312. The molecule has 0 saturated heterocycles. The topological polar surface area (TPSA) is 26.3 Å². The van der Waals surface area contributed by atoms with E-state index >= 15 is 0 Å². The van der Waals surface area contributed by atoms with Crippen LogP contribution in [0.1, 0.15) is 103 Å². The van der Waals surface area contributed by atoms with Gasteiger partial charge in [0.15, 0.2) is 11.6 Å². The molecule has 0 N–H and O–H groups in total. The summed E-state index contributed by atoms with van der Waals surface area (Å²) in [5.74, 6) is 0.915. The second-order valence-electron chi connectivity index (χ2n) is 11.3. The Morgan fingerprint density at radius 1 is 0.853 bits per heavy atom. The van der Waals surface area contributed by atoms with E-state index in [1.54, 1.807) is 0 Å². The second kappa shape index (κ2) is 12.2. The summed E-state index contributed by atoms with van der Waals surface area (Å²) in [4.78, 5) is 12.6. The van der Waals surface area contributed by atoms with Crippen LogP contribution in [0.3, 0.4) is 0 Å². The first-order valence-corrected chi connectivity index (χ1v) is 14.2. The molecule has 4 atom stereocenters. The SMILES string of the molecule is CCCCCCC1CCC2CC(C3CCC(C(=O)Oc4ccc(Cl)c(F)c4F)CC3)CCC2C1. The number of esters is 1. The van der Waals surface area contributed by atoms with Crippen LogP contribution in [-0.2, 0) is 4.79 Å². The molecule has 4 rings (SSSR count). The van der Waals surface area contributed by atoms with Gasteiger partial charge in [-0.15, -0.1) is 0 Å². The Morgan fingerprint density at radius 2 is 1.50 bits per heavy atom. The third-order valence-electron chi connectivity index (χ3n) is 9.21. The Hall–Kier alpha value is -1.16. The molecule has 1 aromatic rings. The molecule has 0 bridgehead atoms. The van der Waals surface area contributed by atoms with Crippen molar-refractivity contribution in [3.8, 4) is 5.75 Å². The Labute approximate surface area is 209 Å². The van der Waals surface area contributed by atoms with Crippen LogP contribution in [0.4, 0.5) is 8.78 Å². The van der Waals surface area contributed by atoms with Gasteiger partial charge in [0.25, 0.3) is 0 Å². The van der Waals surface area contributed by atoms with Gasteiger partial charge in [0, 0.05) is 0 Å². The number of carbonyl (C=O) groups excluding carboxylic acids is 1. The van der Waals surface area contributed by atoms with Crippen LogP contribution in [0, 0.1) is 47.1 Å². The summed E-state index contributed by atoms with van der Waals surface area (Å²) in [6.07, 6.45) is 19.1. The van der Waals surface area contributed by atoms with Crippen molar-refractivity contribution in [3.63, 3.8) is 0 Å². The summed E-state index contributed by atoms with van der Waals surface area (Å²) < 4.78 is 32.9. The monoisotopic (exact) mass is 494 g/mol. The lowest BCUT2D eigenvalue weighted by Crippen LogP contribution is -2.35. The van der Waals surface area contributed by atoms with E-state index in [1.165, 1.54) is 82.8 Å². The van der Waals surface area contributed by atoms with E-state index in [2.05, 4.69) is 6.92 Å². The zero-order chi connectivity index (χ0) is 24.1. The van der Waals surface area contributed by atoms with Gasteiger partial charge in [-0.05, 0) is 99.5 Å². The first-order valence-electron chi connectivity index (χ1n) is 13.8. The lowest BCUT2D eigenvalue weighted by molar-refractivity contribution is -0.140. The lowest BCUT2D eigenvalue weighted by atomic mass is 9.60. The maximum Gasteiger partial charge on any atom is 0.314 e. The van der Waals surface area contributed by atoms with Crippen molar-refractivity contribution in [1.82, 2.24) is 0 Å². The minimum atomic E-state index is -1.19. The Bertz CT molecular complexity index is 821. The summed E-state index contributed by atoms with van der Waals surface area (Å²) in [7, 11) is 0. The number of hydrogen-bond acceptors (Lipinski definition) is 2. The van der Waals surface area contributed by atoms with Crippen LogP contribution >= 0.6 is 11.6 Å². The minimum Gasteiger partial charge on any atom is -0.423 e. The van der Waals surface area contributed by atoms with Crippen LogP contribution in [-0.4, -0.2) is 5.97 Å². The molecule has 3 saturated carbocycles. The molecular formula is C29H41ClF2O2. The van der Waals surface area contributed by atoms with Crippen molar-refractivity contribution < 1.29 is 18.3 Å². The third-order valence-corrected chi connectivity index (χ3v) is 9.50.